The van der Waals surface area contributed by atoms with Gasteiger partial charge in [0.05, 0.1) is 6.61 Å². The number of rotatable bonds is 4. The van der Waals surface area contributed by atoms with Crippen molar-refractivity contribution in [2.45, 2.75) is 19.8 Å². The van der Waals surface area contributed by atoms with Gasteiger partial charge in [-0.3, -0.25) is 4.79 Å². The smallest absolute Gasteiger partial charge is 0.409 e. The number of hydrogen-bond acceptors (Lipinski definition) is 6. The SMILES string of the molecule is CCCCOC(=O)N1CCN(C(=O)c2cc(O)c(O)c(O)c2)CC1. The lowest BCUT2D eigenvalue weighted by atomic mass is 10.1. The van der Waals surface area contributed by atoms with E-state index in [1.54, 1.807) is 4.90 Å². The maximum atomic E-state index is 12.4. The summed E-state index contributed by atoms with van der Waals surface area (Å²) in [5.41, 5.74) is 0.0711. The molecule has 0 bridgehead atoms. The highest BCUT2D eigenvalue weighted by Crippen LogP contribution is 2.35. The molecule has 0 spiro atoms. The van der Waals surface area contributed by atoms with Gasteiger partial charge in [-0.05, 0) is 18.6 Å². The van der Waals surface area contributed by atoms with Crippen LogP contribution in [0, 0.1) is 0 Å². The lowest BCUT2D eigenvalue weighted by Crippen LogP contribution is -2.50. The summed E-state index contributed by atoms with van der Waals surface area (Å²) in [6.07, 6.45) is 1.38. The summed E-state index contributed by atoms with van der Waals surface area (Å²) in [6.45, 7) is 3.76. The second kappa shape index (κ2) is 7.76. The topological polar surface area (TPSA) is 111 Å². The average molecular weight is 338 g/mol. The summed E-state index contributed by atoms with van der Waals surface area (Å²) in [5.74, 6) is -2.17. The predicted octanol–water partition coefficient (Wildman–Crippen LogP) is 1.50. The molecule has 1 aromatic rings. The minimum atomic E-state index is -0.661. The van der Waals surface area contributed by atoms with Gasteiger partial charge in [0.2, 0.25) is 0 Å². The molecule has 1 fully saturated rings. The molecule has 1 aromatic carbocycles. The van der Waals surface area contributed by atoms with Gasteiger partial charge in [0.25, 0.3) is 5.91 Å². The molecule has 0 aliphatic carbocycles. The summed E-state index contributed by atoms with van der Waals surface area (Å²) < 4.78 is 5.14. The van der Waals surface area contributed by atoms with Crippen LogP contribution in [0.4, 0.5) is 4.79 Å². The first kappa shape index (κ1) is 17.7. The van der Waals surface area contributed by atoms with Gasteiger partial charge in [-0.15, -0.1) is 0 Å². The van der Waals surface area contributed by atoms with Crippen LogP contribution in [0.2, 0.25) is 0 Å². The summed E-state index contributed by atoms with van der Waals surface area (Å²) in [5, 5.41) is 28.3. The Balaban J connectivity index is 1.92. The first-order chi connectivity index (χ1) is 11.4. The van der Waals surface area contributed by atoms with Gasteiger partial charge in [0.1, 0.15) is 0 Å². The van der Waals surface area contributed by atoms with E-state index in [0.717, 1.165) is 25.0 Å². The number of phenolic OH excluding ortho intramolecular Hbond substituents is 3. The molecule has 0 radical (unpaired) electrons. The summed E-state index contributed by atoms with van der Waals surface area (Å²) in [6, 6.07) is 2.20. The third-order valence-electron chi connectivity index (χ3n) is 3.87. The molecule has 1 saturated heterocycles. The molecule has 0 atom stereocenters. The maximum Gasteiger partial charge on any atom is 0.409 e. The number of phenols is 3. The van der Waals surface area contributed by atoms with E-state index in [1.807, 2.05) is 6.92 Å². The predicted molar refractivity (Wildman–Crippen MR) is 85.2 cm³/mol. The maximum absolute atomic E-state index is 12.4. The molecule has 0 unspecified atom stereocenters. The molecule has 2 rings (SSSR count). The van der Waals surface area contributed by atoms with Crippen LogP contribution in [0.3, 0.4) is 0 Å². The van der Waals surface area contributed by atoms with E-state index in [-0.39, 0.29) is 17.6 Å². The Labute approximate surface area is 139 Å². The monoisotopic (exact) mass is 338 g/mol. The van der Waals surface area contributed by atoms with Crippen LogP contribution < -0.4 is 0 Å². The van der Waals surface area contributed by atoms with Gasteiger partial charge in [0, 0.05) is 31.7 Å². The third-order valence-corrected chi connectivity index (χ3v) is 3.87. The molecule has 0 saturated carbocycles. The van der Waals surface area contributed by atoms with E-state index in [4.69, 9.17) is 4.74 Å². The molecule has 1 heterocycles. The van der Waals surface area contributed by atoms with Gasteiger partial charge in [0.15, 0.2) is 17.2 Å². The van der Waals surface area contributed by atoms with Crippen LogP contribution in [0.15, 0.2) is 12.1 Å². The summed E-state index contributed by atoms with van der Waals surface area (Å²) in [4.78, 5) is 27.3. The molecule has 8 heteroatoms. The van der Waals surface area contributed by atoms with Gasteiger partial charge in [-0.25, -0.2) is 4.79 Å². The van der Waals surface area contributed by atoms with E-state index in [1.165, 1.54) is 4.90 Å². The van der Waals surface area contributed by atoms with Crippen molar-refractivity contribution < 1.29 is 29.6 Å². The highest BCUT2D eigenvalue weighted by Gasteiger charge is 2.26. The van der Waals surface area contributed by atoms with Gasteiger partial charge in [-0.2, -0.15) is 0 Å². The minimum Gasteiger partial charge on any atom is -0.504 e. The lowest BCUT2D eigenvalue weighted by Gasteiger charge is -2.34. The molecule has 2 amide bonds. The number of nitrogens with zero attached hydrogens (tertiary/aromatic N) is 2. The van der Waals surface area contributed by atoms with E-state index in [0.29, 0.717) is 32.8 Å². The number of carbonyl (C=O) groups excluding carboxylic acids is 2. The Bertz CT molecular complexity index is 588. The average Bonchev–Trinajstić information content (AvgIpc) is 2.59. The Morgan fingerprint density at radius 1 is 1.04 bits per heavy atom. The van der Waals surface area contributed by atoms with Crippen LogP contribution >= 0.6 is 0 Å². The minimum absolute atomic E-state index is 0.0711. The summed E-state index contributed by atoms with van der Waals surface area (Å²) >= 11 is 0. The number of hydrogen-bond donors (Lipinski definition) is 3. The fourth-order valence-electron chi connectivity index (χ4n) is 2.40. The van der Waals surface area contributed by atoms with Crippen molar-refractivity contribution in [1.82, 2.24) is 9.80 Å². The van der Waals surface area contributed by atoms with Crippen molar-refractivity contribution in [2.75, 3.05) is 32.8 Å². The number of unbranched alkanes of at least 4 members (excludes halogenated alkanes) is 1. The van der Waals surface area contributed by atoms with Crippen LogP contribution in [-0.4, -0.2) is 69.9 Å². The van der Waals surface area contributed by atoms with E-state index in [2.05, 4.69) is 0 Å². The molecule has 132 valence electrons. The van der Waals surface area contributed by atoms with E-state index in [9.17, 15) is 24.9 Å². The van der Waals surface area contributed by atoms with Crippen molar-refractivity contribution in [3.05, 3.63) is 17.7 Å². The molecule has 1 aliphatic heterocycles. The Hall–Kier alpha value is -2.64. The summed E-state index contributed by atoms with van der Waals surface area (Å²) in [7, 11) is 0. The van der Waals surface area contributed by atoms with Crippen LogP contribution in [-0.2, 0) is 4.74 Å². The number of piperazine rings is 1. The third kappa shape index (κ3) is 4.01. The second-order valence-electron chi connectivity index (χ2n) is 5.61. The van der Waals surface area contributed by atoms with Crippen LogP contribution in [0.25, 0.3) is 0 Å². The van der Waals surface area contributed by atoms with Crippen molar-refractivity contribution in [2.24, 2.45) is 0 Å². The molecule has 24 heavy (non-hydrogen) atoms. The van der Waals surface area contributed by atoms with Crippen LogP contribution in [0.5, 0.6) is 17.2 Å². The van der Waals surface area contributed by atoms with Gasteiger partial charge >= 0.3 is 6.09 Å². The van der Waals surface area contributed by atoms with Crippen molar-refractivity contribution >= 4 is 12.0 Å². The zero-order valence-electron chi connectivity index (χ0n) is 13.6. The first-order valence-corrected chi connectivity index (χ1v) is 7.90. The number of ether oxygens (including phenoxy) is 1. The zero-order chi connectivity index (χ0) is 17.7. The number of aromatic hydroxyl groups is 3. The first-order valence-electron chi connectivity index (χ1n) is 7.90. The quantitative estimate of drug-likeness (QED) is 0.567. The molecular weight excluding hydrogens is 316 g/mol. The van der Waals surface area contributed by atoms with Crippen molar-refractivity contribution in [1.29, 1.82) is 0 Å². The Morgan fingerprint density at radius 2 is 1.58 bits per heavy atom. The van der Waals surface area contributed by atoms with Gasteiger partial charge in [-0.1, -0.05) is 13.3 Å². The fraction of sp³-hybridized carbons (Fsp3) is 0.500. The van der Waals surface area contributed by atoms with E-state index >= 15 is 0 Å². The van der Waals surface area contributed by atoms with Crippen LogP contribution in [0.1, 0.15) is 30.1 Å². The van der Waals surface area contributed by atoms with Crippen molar-refractivity contribution in [3.8, 4) is 17.2 Å². The molecule has 8 nitrogen and oxygen atoms in total. The number of amides is 2. The zero-order valence-corrected chi connectivity index (χ0v) is 13.6. The van der Waals surface area contributed by atoms with Gasteiger partial charge < -0.3 is 29.9 Å². The molecule has 3 N–H and O–H groups in total. The Kier molecular flexibility index (Phi) is 5.73. The number of benzene rings is 1. The Morgan fingerprint density at radius 3 is 2.12 bits per heavy atom. The standard InChI is InChI=1S/C16H22N2O6/c1-2-3-8-24-16(23)18-6-4-17(5-7-18)15(22)11-9-12(19)14(21)13(20)10-11/h9-10,19-21H,2-8H2,1H3. The highest BCUT2D eigenvalue weighted by atomic mass is 16.6. The molecule has 0 aromatic heterocycles. The largest absolute Gasteiger partial charge is 0.504 e. The second-order valence-corrected chi connectivity index (χ2v) is 5.61. The fourth-order valence-corrected chi connectivity index (χ4v) is 2.40. The van der Waals surface area contributed by atoms with E-state index < -0.39 is 17.2 Å². The molecule has 1 aliphatic rings. The number of carbonyl (C=O) groups is 2. The van der Waals surface area contributed by atoms with Crippen molar-refractivity contribution in [3.63, 3.8) is 0 Å². The normalized spacial score (nSPS) is 14.5. The lowest BCUT2D eigenvalue weighted by molar-refractivity contribution is 0.0557. The molecular formula is C16H22N2O6. The highest BCUT2D eigenvalue weighted by molar-refractivity contribution is 5.95.